The highest BCUT2D eigenvalue weighted by Crippen LogP contribution is 2.26. The van der Waals surface area contributed by atoms with Crippen molar-refractivity contribution >= 4 is 27.3 Å². The van der Waals surface area contributed by atoms with Crippen molar-refractivity contribution in [2.24, 2.45) is 0 Å². The minimum absolute atomic E-state index is 0.316. The van der Waals surface area contributed by atoms with Gasteiger partial charge in [-0.05, 0) is 35.8 Å². The highest BCUT2D eigenvalue weighted by molar-refractivity contribution is 9.10. The monoisotopic (exact) mass is 272 g/mol. The van der Waals surface area contributed by atoms with E-state index in [1.54, 1.807) is 6.07 Å². The zero-order valence-electron chi connectivity index (χ0n) is 8.77. The second kappa shape index (κ2) is 5.16. The van der Waals surface area contributed by atoms with Crippen LogP contribution in [0.1, 0.15) is 13.8 Å². The fourth-order valence-corrected chi connectivity index (χ4v) is 1.44. The molecule has 0 saturated carbocycles. The van der Waals surface area contributed by atoms with Crippen LogP contribution in [0.15, 0.2) is 28.3 Å². The molecule has 15 heavy (non-hydrogen) atoms. The molecule has 0 fully saturated rings. The van der Waals surface area contributed by atoms with Crippen molar-refractivity contribution < 1.29 is 4.39 Å². The quantitative estimate of drug-likeness (QED) is 0.653. The Labute approximate surface area is 97.5 Å². The molecule has 1 aromatic rings. The summed E-state index contributed by atoms with van der Waals surface area (Å²) in [6.07, 6.45) is 2.01. The third-order valence-corrected chi connectivity index (χ3v) is 2.50. The Morgan fingerprint density at radius 1 is 1.53 bits per heavy atom. The van der Waals surface area contributed by atoms with Gasteiger partial charge in [0.15, 0.2) is 0 Å². The average Bonchev–Trinajstić information content (AvgIpc) is 2.13. The molecule has 1 aromatic carbocycles. The number of hydrogen-bond donors (Lipinski definition) is 2. The molecule has 2 nitrogen and oxygen atoms in total. The molecule has 0 spiro atoms. The maximum atomic E-state index is 13.2. The Hall–Kier alpha value is -1.03. The molecule has 0 bridgehead atoms. The molecule has 4 heteroatoms. The maximum absolute atomic E-state index is 13.2. The van der Waals surface area contributed by atoms with Crippen molar-refractivity contribution in [1.82, 2.24) is 0 Å². The minimum Gasteiger partial charge on any atom is -0.397 e. The van der Waals surface area contributed by atoms with Gasteiger partial charge in [-0.1, -0.05) is 11.6 Å². The third kappa shape index (κ3) is 3.55. The van der Waals surface area contributed by atoms with E-state index in [4.69, 9.17) is 5.73 Å². The molecule has 82 valence electrons. The van der Waals surface area contributed by atoms with Crippen molar-refractivity contribution in [3.63, 3.8) is 0 Å². The molecule has 0 aliphatic carbocycles. The molecule has 0 aliphatic rings. The van der Waals surface area contributed by atoms with Crippen LogP contribution in [0, 0.1) is 5.82 Å². The van der Waals surface area contributed by atoms with E-state index < -0.39 is 0 Å². The summed E-state index contributed by atoms with van der Waals surface area (Å²) in [4.78, 5) is 0. The number of hydrogen-bond acceptors (Lipinski definition) is 2. The molecule has 3 N–H and O–H groups in total. The molecule has 0 unspecified atom stereocenters. The number of nitrogens with one attached hydrogen (secondary N) is 1. The lowest BCUT2D eigenvalue weighted by molar-refractivity contribution is 0.622. The lowest BCUT2D eigenvalue weighted by Crippen LogP contribution is -2.03. The van der Waals surface area contributed by atoms with Crippen LogP contribution in [-0.4, -0.2) is 6.54 Å². The van der Waals surface area contributed by atoms with E-state index in [9.17, 15) is 4.39 Å². The summed E-state index contributed by atoms with van der Waals surface area (Å²) in [5.74, 6) is -0.316. The second-order valence-corrected chi connectivity index (χ2v) is 4.37. The number of nitrogens with two attached hydrogens (primary N) is 1. The van der Waals surface area contributed by atoms with E-state index in [-0.39, 0.29) is 5.82 Å². The summed E-state index contributed by atoms with van der Waals surface area (Å²) >= 11 is 3.08. The van der Waals surface area contributed by atoms with Crippen molar-refractivity contribution in [1.29, 1.82) is 0 Å². The SMILES string of the molecule is CC(C)=CCNc1cc(F)c(Br)cc1N. The van der Waals surface area contributed by atoms with Crippen LogP contribution in [0.3, 0.4) is 0 Å². The first-order chi connectivity index (χ1) is 7.00. The highest BCUT2D eigenvalue weighted by atomic mass is 79.9. The van der Waals surface area contributed by atoms with Crippen LogP contribution in [-0.2, 0) is 0 Å². The summed E-state index contributed by atoms with van der Waals surface area (Å²) in [6.45, 7) is 4.66. The van der Waals surface area contributed by atoms with Gasteiger partial charge in [0.1, 0.15) is 5.82 Å². The van der Waals surface area contributed by atoms with E-state index >= 15 is 0 Å². The van der Waals surface area contributed by atoms with E-state index in [0.29, 0.717) is 22.4 Å². The number of allylic oxidation sites excluding steroid dienone is 1. The second-order valence-electron chi connectivity index (χ2n) is 3.52. The molecule has 0 saturated heterocycles. The standard InChI is InChI=1S/C11H14BrFN2/c1-7(2)3-4-15-11-6-9(13)8(12)5-10(11)14/h3,5-6,15H,4,14H2,1-2H3. The Morgan fingerprint density at radius 2 is 2.20 bits per heavy atom. The molecular formula is C11H14BrFN2. The predicted octanol–water partition coefficient (Wildman–Crippen LogP) is 3.55. The van der Waals surface area contributed by atoms with Crippen LogP contribution >= 0.6 is 15.9 Å². The zero-order chi connectivity index (χ0) is 11.4. The molecule has 1 rings (SSSR count). The van der Waals surface area contributed by atoms with Gasteiger partial charge in [0.25, 0.3) is 0 Å². The Morgan fingerprint density at radius 3 is 2.80 bits per heavy atom. The molecule has 0 aromatic heterocycles. The van der Waals surface area contributed by atoms with Gasteiger partial charge < -0.3 is 11.1 Å². The van der Waals surface area contributed by atoms with E-state index in [2.05, 4.69) is 21.2 Å². The molecule has 0 amide bonds. The van der Waals surface area contributed by atoms with Gasteiger partial charge in [-0.3, -0.25) is 0 Å². The zero-order valence-corrected chi connectivity index (χ0v) is 10.4. The number of benzene rings is 1. The summed E-state index contributed by atoms with van der Waals surface area (Å²) in [7, 11) is 0. The normalized spacial score (nSPS) is 9.87. The van der Waals surface area contributed by atoms with Crippen LogP contribution in [0.25, 0.3) is 0 Å². The van der Waals surface area contributed by atoms with Gasteiger partial charge in [0, 0.05) is 12.6 Å². The van der Waals surface area contributed by atoms with Crippen LogP contribution < -0.4 is 11.1 Å². The smallest absolute Gasteiger partial charge is 0.139 e. The van der Waals surface area contributed by atoms with Crippen molar-refractivity contribution in [3.8, 4) is 0 Å². The highest BCUT2D eigenvalue weighted by Gasteiger charge is 2.04. The fourth-order valence-electron chi connectivity index (χ4n) is 1.08. The molecule has 0 radical (unpaired) electrons. The first-order valence-corrected chi connectivity index (χ1v) is 5.41. The van der Waals surface area contributed by atoms with E-state index in [1.807, 2.05) is 19.9 Å². The largest absolute Gasteiger partial charge is 0.397 e. The average molecular weight is 273 g/mol. The summed E-state index contributed by atoms with van der Waals surface area (Å²) < 4.78 is 13.6. The van der Waals surface area contributed by atoms with E-state index in [0.717, 1.165) is 0 Å². The van der Waals surface area contributed by atoms with Crippen molar-refractivity contribution in [2.75, 3.05) is 17.6 Å². The van der Waals surface area contributed by atoms with Gasteiger partial charge >= 0.3 is 0 Å². The van der Waals surface area contributed by atoms with Gasteiger partial charge in [0.2, 0.25) is 0 Å². The lowest BCUT2D eigenvalue weighted by atomic mass is 10.2. The van der Waals surface area contributed by atoms with Gasteiger partial charge in [-0.15, -0.1) is 0 Å². The van der Waals surface area contributed by atoms with Gasteiger partial charge in [-0.25, -0.2) is 4.39 Å². The Kier molecular flexibility index (Phi) is 4.15. The van der Waals surface area contributed by atoms with Crippen LogP contribution in [0.4, 0.5) is 15.8 Å². The minimum atomic E-state index is -0.316. The molecule has 0 heterocycles. The molecule has 0 aliphatic heterocycles. The fraction of sp³-hybridized carbons (Fsp3) is 0.273. The van der Waals surface area contributed by atoms with Crippen LogP contribution in [0.5, 0.6) is 0 Å². The Balaban J connectivity index is 2.77. The first-order valence-electron chi connectivity index (χ1n) is 4.62. The predicted molar refractivity (Wildman–Crippen MR) is 66.4 cm³/mol. The topological polar surface area (TPSA) is 38.0 Å². The molecular weight excluding hydrogens is 259 g/mol. The Bertz CT molecular complexity index is 384. The number of nitrogen functional groups attached to an aromatic ring is 1. The number of anilines is 2. The summed E-state index contributed by atoms with van der Waals surface area (Å²) in [5, 5.41) is 3.05. The summed E-state index contributed by atoms with van der Waals surface area (Å²) in [5.41, 5.74) is 8.09. The van der Waals surface area contributed by atoms with Crippen LogP contribution in [0.2, 0.25) is 0 Å². The molecule has 0 atom stereocenters. The van der Waals surface area contributed by atoms with E-state index in [1.165, 1.54) is 11.6 Å². The third-order valence-electron chi connectivity index (χ3n) is 1.90. The van der Waals surface area contributed by atoms with Gasteiger partial charge in [-0.2, -0.15) is 0 Å². The summed E-state index contributed by atoms with van der Waals surface area (Å²) in [6, 6.07) is 2.94. The number of rotatable bonds is 3. The first kappa shape index (κ1) is 12.0. The van der Waals surface area contributed by atoms with Crippen molar-refractivity contribution in [2.45, 2.75) is 13.8 Å². The lowest BCUT2D eigenvalue weighted by Gasteiger charge is -2.08. The number of halogens is 2. The van der Waals surface area contributed by atoms with Gasteiger partial charge in [0.05, 0.1) is 15.8 Å². The maximum Gasteiger partial charge on any atom is 0.139 e. The van der Waals surface area contributed by atoms with Crippen molar-refractivity contribution in [3.05, 3.63) is 34.1 Å².